The third kappa shape index (κ3) is 5.54. The minimum absolute atomic E-state index is 0.0911. The van der Waals surface area contributed by atoms with E-state index in [0.29, 0.717) is 29.6 Å². The number of ether oxygens (including phenoxy) is 1. The number of benzene rings is 2. The molecule has 0 bridgehead atoms. The van der Waals surface area contributed by atoms with Gasteiger partial charge in [0.1, 0.15) is 11.6 Å². The lowest BCUT2D eigenvalue weighted by Crippen LogP contribution is -2.20. The Labute approximate surface area is 170 Å². The molecular weight excluding hydrogens is 366 g/mol. The first-order chi connectivity index (χ1) is 13.9. The molecule has 2 aromatic carbocycles. The number of hydrogen-bond donors (Lipinski definition) is 2. The average Bonchev–Trinajstić information content (AvgIpc) is 2.72. The summed E-state index contributed by atoms with van der Waals surface area (Å²) in [6, 6.07) is 16.4. The lowest BCUT2D eigenvalue weighted by molar-refractivity contribution is -0.118. The maximum atomic E-state index is 12.3. The van der Waals surface area contributed by atoms with E-state index in [2.05, 4.69) is 29.1 Å². The van der Waals surface area contributed by atoms with Gasteiger partial charge >= 0.3 is 0 Å². The number of anilines is 1. The van der Waals surface area contributed by atoms with Crippen molar-refractivity contribution in [1.82, 2.24) is 9.97 Å². The van der Waals surface area contributed by atoms with E-state index in [0.717, 1.165) is 16.8 Å². The number of rotatable bonds is 7. The number of aromatic amines is 1. The van der Waals surface area contributed by atoms with Gasteiger partial charge in [-0.25, -0.2) is 4.98 Å². The average molecular weight is 391 g/mol. The summed E-state index contributed by atoms with van der Waals surface area (Å²) in [5.74, 6) is 1.27. The van der Waals surface area contributed by atoms with Gasteiger partial charge in [-0.3, -0.25) is 9.59 Å². The fraction of sp³-hybridized carbons (Fsp3) is 0.261. The van der Waals surface area contributed by atoms with Gasteiger partial charge in [-0.1, -0.05) is 45.0 Å². The topological polar surface area (TPSA) is 84.1 Å². The normalized spacial score (nSPS) is 10.8. The molecule has 1 aromatic heterocycles. The van der Waals surface area contributed by atoms with Crippen molar-refractivity contribution in [3.8, 4) is 17.1 Å². The van der Waals surface area contributed by atoms with E-state index in [1.54, 1.807) is 18.2 Å². The molecular formula is C23H25N3O3. The third-order valence-electron chi connectivity index (χ3n) is 4.47. The molecule has 2 N–H and O–H groups in total. The van der Waals surface area contributed by atoms with Crippen molar-refractivity contribution in [1.29, 1.82) is 0 Å². The van der Waals surface area contributed by atoms with Crippen LogP contribution in [0.1, 0.15) is 37.9 Å². The lowest BCUT2D eigenvalue weighted by Gasteiger charge is -2.11. The monoisotopic (exact) mass is 391 g/mol. The first kappa shape index (κ1) is 20.3. The zero-order valence-electron chi connectivity index (χ0n) is 16.9. The molecule has 0 atom stereocenters. The Morgan fingerprint density at radius 3 is 2.69 bits per heavy atom. The summed E-state index contributed by atoms with van der Waals surface area (Å²) in [6.45, 7) is 6.07. The van der Waals surface area contributed by atoms with Crippen LogP contribution in [0, 0.1) is 0 Å². The van der Waals surface area contributed by atoms with Gasteiger partial charge < -0.3 is 15.0 Å². The van der Waals surface area contributed by atoms with Crippen LogP contribution in [0.5, 0.6) is 5.75 Å². The zero-order valence-corrected chi connectivity index (χ0v) is 16.9. The van der Waals surface area contributed by atoms with Crippen LogP contribution in [0.4, 0.5) is 5.69 Å². The smallest absolute Gasteiger partial charge is 0.262 e. The summed E-state index contributed by atoms with van der Waals surface area (Å²) < 4.78 is 5.62. The molecule has 0 saturated carbocycles. The van der Waals surface area contributed by atoms with E-state index < -0.39 is 0 Å². The minimum Gasteiger partial charge on any atom is -0.484 e. The first-order valence-corrected chi connectivity index (χ1v) is 9.68. The maximum absolute atomic E-state index is 12.3. The summed E-state index contributed by atoms with van der Waals surface area (Å²) in [5.41, 5.74) is 3.01. The van der Waals surface area contributed by atoms with Crippen LogP contribution in [-0.2, 0) is 11.2 Å². The lowest BCUT2D eigenvalue weighted by atomic mass is 10.0. The number of nitrogens with one attached hydrogen (secondary N) is 2. The highest BCUT2D eigenvalue weighted by Crippen LogP contribution is 2.21. The Morgan fingerprint density at radius 2 is 1.93 bits per heavy atom. The molecule has 0 unspecified atom stereocenters. The van der Waals surface area contributed by atoms with Gasteiger partial charge in [0, 0.05) is 23.0 Å². The minimum atomic E-state index is -0.263. The molecule has 0 saturated heterocycles. The van der Waals surface area contributed by atoms with Crippen LogP contribution in [0.2, 0.25) is 0 Å². The molecule has 150 valence electrons. The molecule has 0 aliphatic rings. The molecule has 0 spiro atoms. The Hall–Kier alpha value is -3.41. The predicted octanol–water partition coefficient (Wildman–Crippen LogP) is 4.14. The Bertz CT molecular complexity index is 1060. The quantitative estimate of drug-likeness (QED) is 0.634. The van der Waals surface area contributed by atoms with Gasteiger partial charge in [-0.15, -0.1) is 0 Å². The van der Waals surface area contributed by atoms with Crippen molar-refractivity contribution < 1.29 is 9.53 Å². The van der Waals surface area contributed by atoms with Crippen LogP contribution in [0.25, 0.3) is 11.4 Å². The number of aromatic nitrogens is 2. The van der Waals surface area contributed by atoms with E-state index >= 15 is 0 Å². The zero-order chi connectivity index (χ0) is 20.8. The fourth-order valence-corrected chi connectivity index (χ4v) is 2.88. The number of carbonyl (C=O) groups is 1. The molecule has 0 fully saturated rings. The van der Waals surface area contributed by atoms with Gasteiger partial charge in [-0.2, -0.15) is 0 Å². The number of amides is 1. The first-order valence-electron chi connectivity index (χ1n) is 9.68. The fourth-order valence-electron chi connectivity index (χ4n) is 2.88. The summed E-state index contributed by atoms with van der Waals surface area (Å²) in [6.07, 6.45) is 0.669. The number of hydrogen-bond acceptors (Lipinski definition) is 4. The van der Waals surface area contributed by atoms with E-state index in [1.165, 1.54) is 6.07 Å². The number of nitrogens with zero attached hydrogens (tertiary/aromatic N) is 1. The van der Waals surface area contributed by atoms with Crippen molar-refractivity contribution in [2.75, 3.05) is 11.9 Å². The van der Waals surface area contributed by atoms with Crippen LogP contribution >= 0.6 is 0 Å². The van der Waals surface area contributed by atoms with Crippen LogP contribution < -0.4 is 15.6 Å². The highest BCUT2D eigenvalue weighted by Gasteiger charge is 2.08. The molecule has 6 heteroatoms. The number of carbonyl (C=O) groups excluding carboxylic acids is 1. The van der Waals surface area contributed by atoms with Crippen molar-refractivity contribution >= 4 is 11.6 Å². The molecule has 3 aromatic rings. The highest BCUT2D eigenvalue weighted by molar-refractivity contribution is 5.92. The molecule has 0 aliphatic heterocycles. The molecule has 1 amide bonds. The molecule has 3 rings (SSSR count). The van der Waals surface area contributed by atoms with E-state index in [9.17, 15) is 9.59 Å². The van der Waals surface area contributed by atoms with Crippen LogP contribution in [0.3, 0.4) is 0 Å². The third-order valence-corrected chi connectivity index (χ3v) is 4.47. The van der Waals surface area contributed by atoms with Gasteiger partial charge in [0.25, 0.3) is 11.5 Å². The number of H-pyrrole nitrogens is 1. The number of aryl methyl sites for hydroxylation is 1. The molecule has 0 aliphatic carbocycles. The Morgan fingerprint density at radius 1 is 1.14 bits per heavy atom. The van der Waals surface area contributed by atoms with E-state index in [-0.39, 0.29) is 18.1 Å². The van der Waals surface area contributed by atoms with Gasteiger partial charge in [-0.05, 0) is 42.2 Å². The molecule has 1 heterocycles. The second kappa shape index (κ2) is 9.19. The van der Waals surface area contributed by atoms with Gasteiger partial charge in [0.05, 0.1) is 0 Å². The SMILES string of the molecule is CCc1cc(=O)[nH]c(-c2cccc(NC(=O)COc3cccc(C(C)C)c3)c2)n1. The predicted molar refractivity (Wildman–Crippen MR) is 114 cm³/mol. The van der Waals surface area contributed by atoms with E-state index in [1.807, 2.05) is 37.3 Å². The summed E-state index contributed by atoms with van der Waals surface area (Å²) >= 11 is 0. The molecule has 0 radical (unpaired) electrons. The second-order valence-electron chi connectivity index (χ2n) is 7.08. The highest BCUT2D eigenvalue weighted by atomic mass is 16.5. The van der Waals surface area contributed by atoms with Crippen molar-refractivity contribution in [2.45, 2.75) is 33.1 Å². The second-order valence-corrected chi connectivity index (χ2v) is 7.08. The molecule has 29 heavy (non-hydrogen) atoms. The van der Waals surface area contributed by atoms with Crippen molar-refractivity contribution in [3.05, 3.63) is 76.2 Å². The van der Waals surface area contributed by atoms with Crippen LogP contribution in [0.15, 0.2) is 59.4 Å². The maximum Gasteiger partial charge on any atom is 0.262 e. The largest absolute Gasteiger partial charge is 0.484 e. The van der Waals surface area contributed by atoms with Gasteiger partial charge in [0.15, 0.2) is 6.61 Å². The standard InChI is InChI=1S/C23H25N3O3/c1-4-18-13-21(27)26-23(25-18)17-8-5-9-19(11-17)24-22(28)14-29-20-10-6-7-16(12-20)15(2)3/h5-13,15H,4,14H2,1-3H3,(H,24,28)(H,25,26,27). The summed E-state index contributed by atoms with van der Waals surface area (Å²) in [7, 11) is 0. The Kier molecular flexibility index (Phi) is 6.44. The van der Waals surface area contributed by atoms with E-state index in [4.69, 9.17) is 4.74 Å². The van der Waals surface area contributed by atoms with Gasteiger partial charge in [0.2, 0.25) is 0 Å². The van der Waals surface area contributed by atoms with Crippen LogP contribution in [-0.4, -0.2) is 22.5 Å². The van der Waals surface area contributed by atoms with Crippen molar-refractivity contribution in [2.24, 2.45) is 0 Å². The summed E-state index contributed by atoms with van der Waals surface area (Å²) in [4.78, 5) is 31.3. The molecule has 6 nitrogen and oxygen atoms in total. The summed E-state index contributed by atoms with van der Waals surface area (Å²) in [5, 5.41) is 2.82. The Balaban J connectivity index is 1.67. The van der Waals surface area contributed by atoms with Crippen molar-refractivity contribution in [3.63, 3.8) is 0 Å².